The van der Waals surface area contributed by atoms with Gasteiger partial charge in [0.05, 0.1) is 11.4 Å². The van der Waals surface area contributed by atoms with E-state index in [4.69, 9.17) is 5.73 Å². The van der Waals surface area contributed by atoms with Crippen molar-refractivity contribution in [3.05, 3.63) is 12.4 Å². The largest absolute Gasteiger partial charge is 0.390 e. The van der Waals surface area contributed by atoms with Crippen molar-refractivity contribution >= 4 is 0 Å². The average molecular weight is 282 g/mol. The van der Waals surface area contributed by atoms with Crippen LogP contribution >= 0.6 is 0 Å². The first-order valence-corrected chi connectivity index (χ1v) is 7.83. The summed E-state index contributed by atoms with van der Waals surface area (Å²) >= 11 is 0. The maximum Gasteiger partial charge on any atom is 0.0912 e. The van der Waals surface area contributed by atoms with Gasteiger partial charge in [0, 0.05) is 13.1 Å². The second kappa shape index (κ2) is 5.59. The molecule has 0 unspecified atom stereocenters. The van der Waals surface area contributed by atoms with Crippen LogP contribution in [0.1, 0.15) is 60.8 Å². The first-order valence-electron chi connectivity index (χ1n) is 7.83. The Morgan fingerprint density at radius 1 is 1.25 bits per heavy atom. The van der Waals surface area contributed by atoms with Crippen molar-refractivity contribution in [1.82, 2.24) is 4.90 Å². The van der Waals surface area contributed by atoms with Gasteiger partial charge in [-0.25, -0.2) is 0 Å². The lowest BCUT2D eigenvalue weighted by Crippen LogP contribution is -2.52. The van der Waals surface area contributed by atoms with Gasteiger partial charge in [0.25, 0.3) is 0 Å². The molecule has 20 heavy (non-hydrogen) atoms. The summed E-state index contributed by atoms with van der Waals surface area (Å²) in [6.07, 6.45) is 3.05. The quantitative estimate of drug-likeness (QED) is 0.813. The Bertz CT molecular complexity index is 344. The van der Waals surface area contributed by atoms with Gasteiger partial charge in [-0.15, -0.1) is 0 Å². The molecule has 1 rings (SSSR count). The SMILES string of the molecule is C=C(N)N1CCC(C(C)C)(C(C)(C)CC(C)(C)O)CC1. The van der Waals surface area contributed by atoms with E-state index >= 15 is 0 Å². The highest BCUT2D eigenvalue weighted by Gasteiger charge is 2.50. The lowest BCUT2D eigenvalue weighted by molar-refractivity contribution is -0.0822. The molecule has 1 aliphatic rings. The van der Waals surface area contributed by atoms with E-state index < -0.39 is 5.60 Å². The monoisotopic (exact) mass is 282 g/mol. The van der Waals surface area contributed by atoms with E-state index in [0.717, 1.165) is 32.4 Å². The van der Waals surface area contributed by atoms with Gasteiger partial charge in [-0.2, -0.15) is 0 Å². The van der Waals surface area contributed by atoms with Crippen LogP contribution in [-0.4, -0.2) is 28.7 Å². The lowest BCUT2D eigenvalue weighted by Gasteiger charge is -2.56. The van der Waals surface area contributed by atoms with Crippen molar-refractivity contribution in [2.45, 2.75) is 66.4 Å². The van der Waals surface area contributed by atoms with Crippen LogP contribution in [0.3, 0.4) is 0 Å². The summed E-state index contributed by atoms with van der Waals surface area (Å²) in [5.41, 5.74) is 5.56. The number of hydrogen-bond acceptors (Lipinski definition) is 3. The van der Waals surface area contributed by atoms with Gasteiger partial charge in [-0.05, 0) is 49.9 Å². The fourth-order valence-electron chi connectivity index (χ4n) is 4.49. The van der Waals surface area contributed by atoms with E-state index in [-0.39, 0.29) is 10.8 Å². The minimum absolute atomic E-state index is 0.0986. The predicted molar refractivity (Wildman–Crippen MR) is 86.1 cm³/mol. The van der Waals surface area contributed by atoms with E-state index in [0.29, 0.717) is 11.7 Å². The van der Waals surface area contributed by atoms with Crippen LogP contribution in [0.15, 0.2) is 12.4 Å². The van der Waals surface area contributed by atoms with E-state index in [1.54, 1.807) is 0 Å². The molecule has 0 spiro atoms. The summed E-state index contributed by atoms with van der Waals surface area (Å²) in [6.45, 7) is 18.9. The molecule has 0 radical (unpaired) electrons. The minimum atomic E-state index is -0.625. The molecule has 0 aromatic rings. The van der Waals surface area contributed by atoms with Crippen molar-refractivity contribution in [3.63, 3.8) is 0 Å². The molecule has 0 aromatic carbocycles. The standard InChI is InChI=1S/C17H34N2O/c1-13(2)17(15(4,5)12-16(6,7)20)8-10-19(11-9-17)14(3)18/h13,20H,3,8-12,18H2,1-2,4-7H3. The first-order chi connectivity index (χ1) is 8.91. The summed E-state index contributed by atoms with van der Waals surface area (Å²) in [7, 11) is 0. The number of rotatable bonds is 5. The molecule has 1 fully saturated rings. The van der Waals surface area contributed by atoms with E-state index in [1.165, 1.54) is 0 Å². The first kappa shape index (κ1) is 17.4. The third kappa shape index (κ3) is 3.49. The predicted octanol–water partition coefficient (Wildman–Crippen LogP) is 3.34. The zero-order chi connectivity index (χ0) is 15.8. The molecule has 3 heteroatoms. The van der Waals surface area contributed by atoms with Crippen molar-refractivity contribution < 1.29 is 5.11 Å². The second-order valence-corrected chi connectivity index (χ2v) is 8.16. The maximum absolute atomic E-state index is 10.3. The Hall–Kier alpha value is -0.700. The fraction of sp³-hybridized carbons (Fsp3) is 0.882. The van der Waals surface area contributed by atoms with Crippen LogP contribution < -0.4 is 5.73 Å². The molecule has 1 heterocycles. The molecule has 0 aromatic heterocycles. The maximum atomic E-state index is 10.3. The smallest absolute Gasteiger partial charge is 0.0912 e. The van der Waals surface area contributed by atoms with Crippen molar-refractivity contribution in [2.24, 2.45) is 22.5 Å². The van der Waals surface area contributed by atoms with Crippen molar-refractivity contribution in [2.75, 3.05) is 13.1 Å². The number of nitrogens with zero attached hydrogens (tertiary/aromatic N) is 1. The normalized spacial score (nSPS) is 20.3. The van der Waals surface area contributed by atoms with Crippen LogP contribution in [0.5, 0.6) is 0 Å². The molecule has 1 aliphatic heterocycles. The zero-order valence-electron chi connectivity index (χ0n) is 14.3. The third-order valence-corrected chi connectivity index (χ3v) is 5.39. The highest BCUT2D eigenvalue weighted by molar-refractivity contribution is 5.02. The minimum Gasteiger partial charge on any atom is -0.390 e. The average Bonchev–Trinajstić information content (AvgIpc) is 2.25. The molecule has 0 bridgehead atoms. The summed E-state index contributed by atoms with van der Waals surface area (Å²) in [5.74, 6) is 1.27. The van der Waals surface area contributed by atoms with Crippen molar-refractivity contribution in [3.8, 4) is 0 Å². The second-order valence-electron chi connectivity index (χ2n) is 8.16. The number of nitrogens with two attached hydrogens (primary N) is 1. The van der Waals surface area contributed by atoms with Gasteiger partial charge in [0.15, 0.2) is 0 Å². The molecule has 0 aliphatic carbocycles. The molecule has 3 N–H and O–H groups in total. The van der Waals surface area contributed by atoms with Gasteiger partial charge in [-0.3, -0.25) is 0 Å². The van der Waals surface area contributed by atoms with Crippen LogP contribution in [0.4, 0.5) is 0 Å². The van der Waals surface area contributed by atoms with E-state index in [9.17, 15) is 5.11 Å². The molecule has 1 saturated heterocycles. The van der Waals surface area contributed by atoms with Gasteiger partial charge < -0.3 is 15.7 Å². The number of likely N-dealkylation sites (tertiary alicyclic amines) is 1. The summed E-state index contributed by atoms with van der Waals surface area (Å²) in [5, 5.41) is 10.3. The number of piperidine rings is 1. The Balaban J connectivity index is 2.97. The zero-order valence-corrected chi connectivity index (χ0v) is 14.3. The molecule has 0 amide bonds. The summed E-state index contributed by atoms with van der Waals surface area (Å²) in [6, 6.07) is 0. The highest BCUT2D eigenvalue weighted by Crippen LogP contribution is 2.55. The van der Waals surface area contributed by atoms with Gasteiger partial charge in [0.1, 0.15) is 0 Å². The van der Waals surface area contributed by atoms with Gasteiger partial charge in [-0.1, -0.05) is 34.3 Å². The van der Waals surface area contributed by atoms with E-state index in [2.05, 4.69) is 39.2 Å². The topological polar surface area (TPSA) is 49.5 Å². The van der Waals surface area contributed by atoms with E-state index in [1.807, 2.05) is 13.8 Å². The van der Waals surface area contributed by atoms with Crippen LogP contribution in [0, 0.1) is 16.7 Å². The molecule has 0 saturated carbocycles. The van der Waals surface area contributed by atoms with Crippen LogP contribution in [0.2, 0.25) is 0 Å². The number of aliphatic hydroxyl groups is 1. The Morgan fingerprint density at radius 3 is 2.00 bits per heavy atom. The Labute approximate surface area is 125 Å². The Kier molecular flexibility index (Phi) is 4.85. The number of hydrogen-bond donors (Lipinski definition) is 2. The van der Waals surface area contributed by atoms with Gasteiger partial charge in [0.2, 0.25) is 0 Å². The summed E-state index contributed by atoms with van der Waals surface area (Å²) in [4.78, 5) is 2.18. The highest BCUT2D eigenvalue weighted by atomic mass is 16.3. The van der Waals surface area contributed by atoms with Crippen LogP contribution in [0.25, 0.3) is 0 Å². The summed E-state index contributed by atoms with van der Waals surface area (Å²) < 4.78 is 0. The van der Waals surface area contributed by atoms with Gasteiger partial charge >= 0.3 is 0 Å². The third-order valence-electron chi connectivity index (χ3n) is 5.39. The molecule has 118 valence electrons. The van der Waals surface area contributed by atoms with Crippen LogP contribution in [-0.2, 0) is 0 Å². The molecular formula is C17H34N2O. The van der Waals surface area contributed by atoms with Crippen molar-refractivity contribution in [1.29, 1.82) is 0 Å². The fourth-order valence-corrected chi connectivity index (χ4v) is 4.49. The Morgan fingerprint density at radius 2 is 1.70 bits per heavy atom. The molecular weight excluding hydrogens is 248 g/mol. The molecule has 3 nitrogen and oxygen atoms in total. The molecule has 0 atom stereocenters. The lowest BCUT2D eigenvalue weighted by atomic mass is 9.53.